The third-order valence-corrected chi connectivity index (χ3v) is 7.51. The summed E-state index contributed by atoms with van der Waals surface area (Å²) < 4.78 is 2.79. The van der Waals surface area contributed by atoms with Gasteiger partial charge in [-0.2, -0.15) is 0 Å². The highest BCUT2D eigenvalue weighted by Crippen LogP contribution is 2.43. The molecule has 0 aliphatic rings. The highest BCUT2D eigenvalue weighted by molar-refractivity contribution is 9.11. The summed E-state index contributed by atoms with van der Waals surface area (Å²) in [5, 5.41) is -0.121. The van der Waals surface area contributed by atoms with Gasteiger partial charge in [0.25, 0.3) is 0 Å². The van der Waals surface area contributed by atoms with Crippen molar-refractivity contribution in [2.75, 3.05) is 0 Å². The van der Waals surface area contributed by atoms with Gasteiger partial charge in [0.2, 0.25) is 0 Å². The van der Waals surface area contributed by atoms with Crippen LogP contribution in [0.1, 0.15) is 20.7 Å². The van der Waals surface area contributed by atoms with Crippen molar-refractivity contribution in [3.63, 3.8) is 0 Å². The second kappa shape index (κ2) is 5.29. The first-order chi connectivity index (χ1) is 7.49. The normalized spacial score (nSPS) is 13.1. The lowest BCUT2D eigenvalue weighted by molar-refractivity contribution is 1.23. The molecule has 0 spiro atoms. The van der Waals surface area contributed by atoms with E-state index in [4.69, 9.17) is 23.2 Å². The quantitative estimate of drug-likeness (QED) is 0.478. The van der Waals surface area contributed by atoms with E-state index in [1.54, 1.807) is 11.3 Å². The minimum absolute atomic E-state index is 0.121. The third-order valence-electron chi connectivity index (χ3n) is 2.04. The molecular formula is C10H6Br2Cl2S2. The first kappa shape index (κ1) is 13.4. The van der Waals surface area contributed by atoms with Crippen LogP contribution in [-0.4, -0.2) is 0 Å². The standard InChI is InChI=1S/C10H6Br2Cl2S2/c1-4-2-6(15-9(4)12)8(13)7-3-5(11)10(14)16-7/h2-3,8H,1H3. The molecule has 2 heterocycles. The van der Waals surface area contributed by atoms with Crippen molar-refractivity contribution in [2.45, 2.75) is 12.3 Å². The lowest BCUT2D eigenvalue weighted by Gasteiger charge is -2.02. The average Bonchev–Trinajstić information content (AvgIpc) is 2.72. The van der Waals surface area contributed by atoms with Gasteiger partial charge in [0.05, 0.1) is 3.79 Å². The maximum Gasteiger partial charge on any atom is 0.107 e. The van der Waals surface area contributed by atoms with Crippen molar-refractivity contribution in [3.05, 3.63) is 40.0 Å². The SMILES string of the molecule is Cc1cc(C(Cl)c2cc(Br)c(Cl)s2)sc1Br. The third kappa shape index (κ3) is 2.68. The number of thiophene rings is 2. The molecule has 86 valence electrons. The predicted molar refractivity (Wildman–Crippen MR) is 81.5 cm³/mol. The smallest absolute Gasteiger partial charge is 0.107 e. The Morgan fingerprint density at radius 2 is 1.81 bits per heavy atom. The number of rotatable bonds is 2. The Labute approximate surface area is 129 Å². The van der Waals surface area contributed by atoms with Crippen molar-refractivity contribution < 1.29 is 0 Å². The van der Waals surface area contributed by atoms with Crippen LogP contribution in [-0.2, 0) is 0 Å². The number of hydrogen-bond acceptors (Lipinski definition) is 2. The monoisotopic (exact) mass is 418 g/mol. The minimum atomic E-state index is -0.121. The van der Waals surface area contributed by atoms with Crippen LogP contribution in [0, 0.1) is 6.92 Å². The molecule has 16 heavy (non-hydrogen) atoms. The summed E-state index contributed by atoms with van der Waals surface area (Å²) in [6.45, 7) is 2.06. The highest BCUT2D eigenvalue weighted by Gasteiger charge is 2.18. The van der Waals surface area contributed by atoms with Gasteiger partial charge in [-0.15, -0.1) is 34.3 Å². The van der Waals surface area contributed by atoms with Gasteiger partial charge >= 0.3 is 0 Å². The van der Waals surface area contributed by atoms with Crippen LogP contribution in [0.15, 0.2) is 20.4 Å². The molecule has 0 aliphatic heterocycles. The molecule has 0 amide bonds. The molecule has 0 nitrogen and oxygen atoms in total. The van der Waals surface area contributed by atoms with Crippen LogP contribution in [0.5, 0.6) is 0 Å². The molecule has 0 saturated heterocycles. The van der Waals surface area contributed by atoms with Crippen LogP contribution in [0.25, 0.3) is 0 Å². The van der Waals surface area contributed by atoms with Crippen LogP contribution in [0.2, 0.25) is 4.34 Å². The summed E-state index contributed by atoms with van der Waals surface area (Å²) in [6, 6.07) is 4.08. The molecular weight excluding hydrogens is 415 g/mol. The van der Waals surface area contributed by atoms with Gasteiger partial charge in [-0.3, -0.25) is 0 Å². The lowest BCUT2D eigenvalue weighted by Crippen LogP contribution is -1.84. The fraction of sp³-hybridized carbons (Fsp3) is 0.200. The Kier molecular flexibility index (Phi) is 4.42. The molecule has 0 aromatic carbocycles. The van der Waals surface area contributed by atoms with Crippen LogP contribution >= 0.6 is 77.7 Å². The Morgan fingerprint density at radius 3 is 2.25 bits per heavy atom. The Hall–Kier alpha value is 0.940. The molecule has 1 unspecified atom stereocenters. The summed E-state index contributed by atoms with van der Waals surface area (Å²) in [7, 11) is 0. The molecule has 0 saturated carbocycles. The van der Waals surface area contributed by atoms with E-state index < -0.39 is 0 Å². The van der Waals surface area contributed by atoms with Gasteiger partial charge in [-0.25, -0.2) is 0 Å². The second-order valence-corrected chi connectivity index (χ2v) is 8.62. The predicted octanol–water partition coefficient (Wildman–Crippen LogP) is 6.62. The molecule has 0 aliphatic carbocycles. The van der Waals surface area contributed by atoms with Crippen LogP contribution in [0.4, 0.5) is 0 Å². The van der Waals surface area contributed by atoms with Crippen molar-refractivity contribution in [2.24, 2.45) is 0 Å². The maximum atomic E-state index is 6.42. The molecule has 2 aromatic rings. The van der Waals surface area contributed by atoms with Gasteiger partial charge in [0.1, 0.15) is 9.71 Å². The molecule has 2 aromatic heterocycles. The van der Waals surface area contributed by atoms with E-state index in [-0.39, 0.29) is 5.38 Å². The Balaban J connectivity index is 2.34. The molecule has 2 rings (SSSR count). The van der Waals surface area contributed by atoms with Crippen molar-refractivity contribution in [1.82, 2.24) is 0 Å². The second-order valence-electron chi connectivity index (χ2n) is 3.24. The zero-order valence-electron chi connectivity index (χ0n) is 8.06. The topological polar surface area (TPSA) is 0 Å². The molecule has 0 bridgehead atoms. The van der Waals surface area contributed by atoms with Gasteiger partial charge in [0.15, 0.2) is 0 Å². The fourth-order valence-electron chi connectivity index (χ4n) is 1.24. The zero-order valence-corrected chi connectivity index (χ0v) is 14.4. The van der Waals surface area contributed by atoms with E-state index in [2.05, 4.69) is 44.8 Å². The molecule has 0 N–H and O–H groups in total. The number of aryl methyl sites for hydroxylation is 1. The molecule has 1 atom stereocenters. The number of alkyl halides is 1. The van der Waals surface area contributed by atoms with E-state index in [0.717, 1.165) is 22.3 Å². The van der Waals surface area contributed by atoms with Crippen molar-refractivity contribution in [1.29, 1.82) is 0 Å². The lowest BCUT2D eigenvalue weighted by atomic mass is 10.2. The van der Waals surface area contributed by atoms with Crippen molar-refractivity contribution in [3.8, 4) is 0 Å². The first-order valence-electron chi connectivity index (χ1n) is 4.33. The fourth-order valence-corrected chi connectivity index (χ4v) is 5.01. The first-order valence-corrected chi connectivity index (χ1v) is 8.37. The average molecular weight is 421 g/mol. The number of halogens is 4. The highest BCUT2D eigenvalue weighted by atomic mass is 79.9. The van der Waals surface area contributed by atoms with E-state index in [1.165, 1.54) is 16.9 Å². The summed E-state index contributed by atoms with van der Waals surface area (Å²) in [5.74, 6) is 0. The van der Waals surface area contributed by atoms with Gasteiger partial charge < -0.3 is 0 Å². The maximum absolute atomic E-state index is 6.42. The summed E-state index contributed by atoms with van der Waals surface area (Å²) in [4.78, 5) is 2.20. The van der Waals surface area contributed by atoms with Gasteiger partial charge in [0, 0.05) is 14.2 Å². The molecule has 6 heteroatoms. The van der Waals surface area contributed by atoms with Crippen molar-refractivity contribution >= 4 is 77.7 Å². The number of hydrogen-bond donors (Lipinski definition) is 0. The zero-order chi connectivity index (χ0) is 11.9. The van der Waals surface area contributed by atoms with E-state index in [0.29, 0.717) is 0 Å². The Bertz CT molecular complexity index is 434. The van der Waals surface area contributed by atoms with E-state index >= 15 is 0 Å². The minimum Gasteiger partial charge on any atom is -0.131 e. The molecule has 0 radical (unpaired) electrons. The van der Waals surface area contributed by atoms with Gasteiger partial charge in [-0.05, 0) is 56.5 Å². The summed E-state index contributed by atoms with van der Waals surface area (Å²) in [5.41, 5.74) is 1.22. The Morgan fingerprint density at radius 1 is 1.19 bits per heavy atom. The van der Waals surface area contributed by atoms with E-state index in [1.807, 2.05) is 6.07 Å². The van der Waals surface area contributed by atoms with Crippen LogP contribution in [0.3, 0.4) is 0 Å². The summed E-state index contributed by atoms with van der Waals surface area (Å²) in [6.07, 6.45) is 0. The van der Waals surface area contributed by atoms with Gasteiger partial charge in [-0.1, -0.05) is 11.6 Å². The molecule has 0 fully saturated rings. The van der Waals surface area contributed by atoms with E-state index in [9.17, 15) is 0 Å². The largest absolute Gasteiger partial charge is 0.131 e. The van der Waals surface area contributed by atoms with Crippen LogP contribution < -0.4 is 0 Å². The summed E-state index contributed by atoms with van der Waals surface area (Å²) >= 11 is 22.5.